The average molecular weight is 377 g/mol. The Morgan fingerprint density at radius 2 is 1.89 bits per heavy atom. The third kappa shape index (κ3) is 3.15. The van der Waals surface area contributed by atoms with Crippen molar-refractivity contribution in [2.45, 2.75) is 12.3 Å². The van der Waals surface area contributed by atoms with Crippen LogP contribution in [0.4, 0.5) is 5.69 Å². The number of anilines is 1. The number of hydrogen-bond donors (Lipinski definition) is 0. The van der Waals surface area contributed by atoms with Gasteiger partial charge in [-0.15, -0.1) is 0 Å². The first-order valence-electron chi connectivity index (χ1n) is 8.73. The Morgan fingerprint density at radius 1 is 1.15 bits per heavy atom. The van der Waals surface area contributed by atoms with Crippen LogP contribution in [0.25, 0.3) is 0 Å². The molecule has 136 valence electrons. The molecule has 2 heterocycles. The fourth-order valence-corrected chi connectivity index (χ4v) is 4.75. The fraction of sp³-hybridized carbons (Fsp3) is 0.238. The summed E-state index contributed by atoms with van der Waals surface area (Å²) >= 11 is 1.55. The van der Waals surface area contributed by atoms with E-state index < -0.39 is 0 Å². The summed E-state index contributed by atoms with van der Waals surface area (Å²) in [5, 5.41) is 10.7. The molecule has 4 rings (SSSR count). The Kier molecular flexibility index (Phi) is 4.78. The number of amides is 1. The number of benzene rings is 2. The second-order valence-electron chi connectivity index (χ2n) is 6.44. The highest BCUT2D eigenvalue weighted by Gasteiger charge is 2.39. The van der Waals surface area contributed by atoms with Crippen LogP contribution < -0.4 is 9.64 Å². The molecule has 1 unspecified atom stereocenters. The monoisotopic (exact) mass is 377 g/mol. The van der Waals surface area contributed by atoms with Crippen LogP contribution in [0.1, 0.15) is 17.9 Å². The highest BCUT2D eigenvalue weighted by molar-refractivity contribution is 8.03. The highest BCUT2D eigenvalue weighted by Crippen LogP contribution is 2.45. The smallest absolute Gasteiger partial charge is 0.229 e. The Bertz CT molecular complexity index is 936. The molecule has 1 fully saturated rings. The number of hydrogen-bond acceptors (Lipinski definition) is 5. The molecule has 0 saturated carbocycles. The Balaban J connectivity index is 1.70. The molecule has 2 aromatic rings. The van der Waals surface area contributed by atoms with E-state index in [-0.39, 0.29) is 18.2 Å². The van der Waals surface area contributed by atoms with Crippen LogP contribution in [0.3, 0.4) is 0 Å². The number of methoxy groups -OCH3 is 1. The zero-order valence-electron chi connectivity index (χ0n) is 15.0. The summed E-state index contributed by atoms with van der Waals surface area (Å²) in [5.41, 5.74) is 2.61. The van der Waals surface area contributed by atoms with Gasteiger partial charge in [0.15, 0.2) is 0 Å². The van der Waals surface area contributed by atoms with Gasteiger partial charge >= 0.3 is 0 Å². The van der Waals surface area contributed by atoms with Crippen molar-refractivity contribution in [3.8, 4) is 11.8 Å². The average Bonchev–Trinajstić information content (AvgIpc) is 2.74. The number of fused-ring (bicyclic) bond motifs is 1. The van der Waals surface area contributed by atoms with Gasteiger partial charge in [0.1, 0.15) is 5.75 Å². The van der Waals surface area contributed by atoms with E-state index in [0.717, 1.165) is 16.3 Å². The largest absolute Gasteiger partial charge is 0.496 e. The maximum absolute atomic E-state index is 13.0. The van der Waals surface area contributed by atoms with E-state index in [4.69, 9.17) is 4.74 Å². The van der Waals surface area contributed by atoms with Crippen molar-refractivity contribution in [1.82, 2.24) is 4.90 Å². The lowest BCUT2D eigenvalue weighted by Crippen LogP contribution is -2.47. The van der Waals surface area contributed by atoms with Gasteiger partial charge in [0, 0.05) is 23.6 Å². The van der Waals surface area contributed by atoms with Crippen molar-refractivity contribution in [2.75, 3.05) is 24.6 Å². The van der Waals surface area contributed by atoms with E-state index in [9.17, 15) is 10.1 Å². The van der Waals surface area contributed by atoms with Crippen molar-refractivity contribution in [2.24, 2.45) is 0 Å². The zero-order chi connectivity index (χ0) is 18.8. The van der Waals surface area contributed by atoms with Crippen molar-refractivity contribution < 1.29 is 9.53 Å². The van der Waals surface area contributed by atoms with Gasteiger partial charge in [-0.25, -0.2) is 0 Å². The molecule has 2 aromatic carbocycles. The Hall–Kier alpha value is -2.91. The molecule has 6 heteroatoms. The third-order valence-electron chi connectivity index (χ3n) is 4.93. The van der Waals surface area contributed by atoms with Gasteiger partial charge in [-0.2, -0.15) is 5.26 Å². The molecule has 1 amide bonds. The number of rotatable bonds is 3. The Labute approximate surface area is 162 Å². The third-order valence-corrected chi connectivity index (χ3v) is 6.08. The summed E-state index contributed by atoms with van der Waals surface area (Å²) in [5.74, 6) is 1.19. The van der Waals surface area contributed by atoms with E-state index in [1.165, 1.54) is 0 Å². The van der Waals surface area contributed by atoms with E-state index in [1.54, 1.807) is 23.8 Å². The minimum atomic E-state index is -0.263. The number of allylic oxidation sites excluding steroid dienone is 1. The maximum atomic E-state index is 13.0. The van der Waals surface area contributed by atoms with Crippen molar-refractivity contribution in [1.29, 1.82) is 5.26 Å². The van der Waals surface area contributed by atoms with E-state index in [2.05, 4.69) is 11.0 Å². The summed E-state index contributed by atoms with van der Waals surface area (Å²) < 4.78 is 5.47. The molecule has 0 aromatic heterocycles. The SMILES string of the molecule is COc1ccccc1C1CC(=O)N2CN(c3ccccc3)CSC2=C1C#N. The zero-order valence-corrected chi connectivity index (χ0v) is 15.8. The molecular weight excluding hydrogens is 358 g/mol. The molecule has 27 heavy (non-hydrogen) atoms. The fourth-order valence-electron chi connectivity index (χ4n) is 3.58. The van der Waals surface area contributed by atoms with Gasteiger partial charge in [0.25, 0.3) is 0 Å². The van der Waals surface area contributed by atoms with E-state index >= 15 is 0 Å². The minimum absolute atomic E-state index is 0.0352. The molecule has 2 aliphatic heterocycles. The molecule has 5 nitrogen and oxygen atoms in total. The number of carbonyl (C=O) groups is 1. The molecule has 0 spiro atoms. The van der Waals surface area contributed by atoms with Crippen molar-refractivity contribution in [3.05, 3.63) is 70.8 Å². The summed E-state index contributed by atoms with van der Waals surface area (Å²) in [6.45, 7) is 0.467. The summed E-state index contributed by atoms with van der Waals surface area (Å²) in [7, 11) is 1.61. The highest BCUT2D eigenvalue weighted by atomic mass is 32.2. The number of thioether (sulfide) groups is 1. The van der Waals surface area contributed by atoms with Gasteiger partial charge in [0.2, 0.25) is 5.91 Å². The van der Waals surface area contributed by atoms with Crippen molar-refractivity contribution in [3.63, 3.8) is 0 Å². The number of carbonyl (C=O) groups excluding carboxylic acids is 1. The van der Waals surface area contributed by atoms with Gasteiger partial charge in [0.05, 0.1) is 36.3 Å². The minimum Gasteiger partial charge on any atom is -0.496 e. The number of nitriles is 1. The maximum Gasteiger partial charge on any atom is 0.229 e. The number of ether oxygens (including phenoxy) is 1. The lowest BCUT2D eigenvalue weighted by molar-refractivity contribution is -0.129. The summed E-state index contributed by atoms with van der Waals surface area (Å²) in [4.78, 5) is 16.8. The predicted octanol–water partition coefficient (Wildman–Crippen LogP) is 3.91. The standard InChI is InChI=1S/C21H19N3O2S/c1-26-19-10-6-5-9-16(19)17-11-20(25)24-13-23(15-7-3-2-4-8-15)14-27-21(24)18(17)12-22/h2-10,17H,11,13-14H2,1H3. The number of nitrogens with zero attached hydrogens (tertiary/aromatic N) is 3. The molecule has 1 atom stereocenters. The normalized spacial score (nSPS) is 19.6. The van der Waals surface area contributed by atoms with Crippen LogP contribution in [0, 0.1) is 11.3 Å². The first-order valence-corrected chi connectivity index (χ1v) is 9.72. The van der Waals surface area contributed by atoms with Gasteiger partial charge in [-0.3, -0.25) is 9.69 Å². The van der Waals surface area contributed by atoms with Crippen LogP contribution in [0.15, 0.2) is 65.2 Å². The topological polar surface area (TPSA) is 56.6 Å². The lowest BCUT2D eigenvalue weighted by Gasteiger charge is -2.42. The lowest BCUT2D eigenvalue weighted by atomic mass is 9.86. The molecule has 0 aliphatic carbocycles. The molecule has 2 aliphatic rings. The van der Waals surface area contributed by atoms with E-state index in [0.29, 0.717) is 23.9 Å². The van der Waals surface area contributed by atoms with Gasteiger partial charge in [-0.1, -0.05) is 48.2 Å². The second-order valence-corrected chi connectivity index (χ2v) is 7.37. The van der Waals surface area contributed by atoms with Gasteiger partial charge in [-0.05, 0) is 18.2 Å². The first kappa shape index (κ1) is 17.5. The van der Waals surface area contributed by atoms with Crippen LogP contribution >= 0.6 is 11.8 Å². The van der Waals surface area contributed by atoms with Crippen LogP contribution in [0.5, 0.6) is 5.75 Å². The molecule has 0 bridgehead atoms. The summed E-state index contributed by atoms with van der Waals surface area (Å²) in [6, 6.07) is 20.0. The van der Waals surface area contributed by atoms with Gasteiger partial charge < -0.3 is 9.64 Å². The first-order chi connectivity index (χ1) is 13.2. The van der Waals surface area contributed by atoms with Crippen LogP contribution in [-0.4, -0.2) is 30.5 Å². The summed E-state index contributed by atoms with van der Waals surface area (Å²) in [6.07, 6.45) is 0.274. The quantitative estimate of drug-likeness (QED) is 0.812. The van der Waals surface area contributed by atoms with Crippen molar-refractivity contribution >= 4 is 23.4 Å². The second kappa shape index (κ2) is 7.37. The molecular formula is C21H19N3O2S. The predicted molar refractivity (Wildman–Crippen MR) is 106 cm³/mol. The molecule has 1 saturated heterocycles. The number of para-hydroxylation sites is 2. The van der Waals surface area contributed by atoms with Crippen LogP contribution in [-0.2, 0) is 4.79 Å². The molecule has 0 radical (unpaired) electrons. The van der Waals surface area contributed by atoms with Crippen LogP contribution in [0.2, 0.25) is 0 Å². The molecule has 0 N–H and O–H groups in total. The Morgan fingerprint density at radius 3 is 2.63 bits per heavy atom. The van der Waals surface area contributed by atoms with E-state index in [1.807, 2.05) is 54.6 Å².